The first-order valence-corrected chi connectivity index (χ1v) is 10.6. The van der Waals surface area contributed by atoms with Crippen molar-refractivity contribution < 1.29 is 13.2 Å². The molecule has 0 bridgehead atoms. The van der Waals surface area contributed by atoms with Crippen molar-refractivity contribution in [2.24, 2.45) is 0 Å². The second-order valence-electron chi connectivity index (χ2n) is 6.42. The molecule has 1 aliphatic rings. The fourth-order valence-electron chi connectivity index (χ4n) is 2.96. The molecular formula is C18H29N3O3S. The van der Waals surface area contributed by atoms with Crippen LogP contribution in [-0.2, 0) is 14.8 Å². The van der Waals surface area contributed by atoms with Gasteiger partial charge < -0.3 is 10.2 Å². The number of amides is 1. The van der Waals surface area contributed by atoms with E-state index in [1.165, 1.54) is 37.8 Å². The summed E-state index contributed by atoms with van der Waals surface area (Å²) < 4.78 is 26.5. The average Bonchev–Trinajstić information content (AvgIpc) is 2.88. The maximum absolute atomic E-state index is 12.0. The lowest BCUT2D eigenvalue weighted by atomic mass is 10.2. The van der Waals surface area contributed by atoms with Crippen LogP contribution in [0.1, 0.15) is 38.5 Å². The van der Waals surface area contributed by atoms with Crippen LogP contribution in [0.15, 0.2) is 35.2 Å². The van der Waals surface area contributed by atoms with Gasteiger partial charge in [-0.2, -0.15) is 0 Å². The number of hydrogen-bond donors (Lipinski definition) is 2. The molecule has 2 rings (SSSR count). The third-order valence-corrected chi connectivity index (χ3v) is 5.85. The summed E-state index contributed by atoms with van der Waals surface area (Å²) >= 11 is 0. The van der Waals surface area contributed by atoms with E-state index >= 15 is 0 Å². The molecule has 0 saturated carbocycles. The first kappa shape index (κ1) is 19.9. The van der Waals surface area contributed by atoms with Gasteiger partial charge in [0.15, 0.2) is 0 Å². The van der Waals surface area contributed by atoms with E-state index < -0.39 is 10.0 Å². The van der Waals surface area contributed by atoms with Crippen molar-refractivity contribution in [2.45, 2.75) is 43.4 Å². The van der Waals surface area contributed by atoms with Crippen LogP contribution in [0, 0.1) is 0 Å². The van der Waals surface area contributed by atoms with E-state index in [0.717, 1.165) is 26.1 Å². The van der Waals surface area contributed by atoms with Crippen molar-refractivity contribution in [3.63, 3.8) is 0 Å². The molecule has 1 saturated heterocycles. The number of carbonyl (C=O) groups is 1. The molecule has 140 valence electrons. The lowest BCUT2D eigenvalue weighted by molar-refractivity contribution is -0.120. The van der Waals surface area contributed by atoms with Gasteiger partial charge in [0.1, 0.15) is 0 Å². The minimum atomic E-state index is -3.54. The summed E-state index contributed by atoms with van der Waals surface area (Å²) in [4.78, 5) is 14.5. The Balaban J connectivity index is 1.58. The summed E-state index contributed by atoms with van der Waals surface area (Å²) in [7, 11) is -3.54. The highest BCUT2D eigenvalue weighted by Gasteiger charge is 2.13. The molecule has 0 aromatic heterocycles. The summed E-state index contributed by atoms with van der Waals surface area (Å²) in [5.41, 5.74) is 0. The number of nitrogens with zero attached hydrogens (tertiary/aromatic N) is 1. The van der Waals surface area contributed by atoms with Crippen LogP contribution in [0.3, 0.4) is 0 Å². The van der Waals surface area contributed by atoms with Crippen LogP contribution in [0.4, 0.5) is 0 Å². The molecule has 1 heterocycles. The quantitative estimate of drug-likeness (QED) is 0.652. The standard InChI is InChI=1S/C18H29N3O3S/c22-18(19-12-8-16-21-14-6-1-2-7-15-21)11-13-20-25(23,24)17-9-4-3-5-10-17/h3-5,9-10,20H,1-2,6-8,11-16H2,(H,19,22). The molecule has 6 nitrogen and oxygen atoms in total. The van der Waals surface area contributed by atoms with Gasteiger partial charge in [-0.3, -0.25) is 4.79 Å². The fourth-order valence-corrected chi connectivity index (χ4v) is 4.01. The molecule has 2 N–H and O–H groups in total. The molecule has 0 radical (unpaired) electrons. The van der Waals surface area contributed by atoms with Gasteiger partial charge in [0, 0.05) is 19.5 Å². The van der Waals surface area contributed by atoms with Gasteiger partial charge in [0.05, 0.1) is 4.90 Å². The van der Waals surface area contributed by atoms with Gasteiger partial charge in [0.2, 0.25) is 15.9 Å². The lowest BCUT2D eigenvalue weighted by Gasteiger charge is -2.19. The Morgan fingerprint density at radius 2 is 1.68 bits per heavy atom. The first-order valence-electron chi connectivity index (χ1n) is 9.12. The molecule has 1 amide bonds. The van der Waals surface area contributed by atoms with E-state index in [1.807, 2.05) is 0 Å². The Kier molecular flexibility index (Phi) is 8.37. The van der Waals surface area contributed by atoms with Crippen molar-refractivity contribution in [3.05, 3.63) is 30.3 Å². The fraction of sp³-hybridized carbons (Fsp3) is 0.611. The normalized spacial score (nSPS) is 16.3. The molecule has 0 unspecified atom stereocenters. The first-order chi connectivity index (χ1) is 12.1. The smallest absolute Gasteiger partial charge is 0.240 e. The van der Waals surface area contributed by atoms with E-state index in [2.05, 4.69) is 14.9 Å². The molecule has 1 fully saturated rings. The van der Waals surface area contributed by atoms with E-state index in [9.17, 15) is 13.2 Å². The number of benzene rings is 1. The highest BCUT2D eigenvalue weighted by atomic mass is 32.2. The van der Waals surface area contributed by atoms with Crippen LogP contribution >= 0.6 is 0 Å². The van der Waals surface area contributed by atoms with Gasteiger partial charge >= 0.3 is 0 Å². The maximum atomic E-state index is 12.0. The number of nitrogens with one attached hydrogen (secondary N) is 2. The Bertz CT molecular complexity index is 612. The minimum Gasteiger partial charge on any atom is -0.356 e. The monoisotopic (exact) mass is 367 g/mol. The minimum absolute atomic E-state index is 0.106. The predicted molar refractivity (Wildman–Crippen MR) is 98.8 cm³/mol. The van der Waals surface area contributed by atoms with Crippen molar-refractivity contribution >= 4 is 15.9 Å². The Morgan fingerprint density at radius 1 is 1.00 bits per heavy atom. The number of hydrogen-bond acceptors (Lipinski definition) is 4. The van der Waals surface area contributed by atoms with Crippen molar-refractivity contribution in [3.8, 4) is 0 Å². The van der Waals surface area contributed by atoms with Crippen molar-refractivity contribution in [1.82, 2.24) is 14.9 Å². The second kappa shape index (κ2) is 10.5. The third kappa shape index (κ3) is 7.54. The molecule has 1 aliphatic heterocycles. The van der Waals surface area contributed by atoms with Crippen LogP contribution < -0.4 is 10.0 Å². The summed E-state index contributed by atoms with van der Waals surface area (Å²) in [5.74, 6) is -0.119. The van der Waals surface area contributed by atoms with Gasteiger partial charge in [-0.1, -0.05) is 31.0 Å². The number of rotatable bonds is 9. The highest BCUT2D eigenvalue weighted by Crippen LogP contribution is 2.09. The van der Waals surface area contributed by atoms with E-state index in [0.29, 0.717) is 6.54 Å². The van der Waals surface area contributed by atoms with Gasteiger partial charge in [-0.05, 0) is 51.0 Å². The molecule has 0 atom stereocenters. The molecule has 1 aromatic rings. The zero-order valence-electron chi connectivity index (χ0n) is 14.7. The van der Waals surface area contributed by atoms with Crippen LogP contribution in [0.5, 0.6) is 0 Å². The third-order valence-electron chi connectivity index (χ3n) is 4.37. The van der Waals surface area contributed by atoms with Gasteiger partial charge in [0.25, 0.3) is 0 Å². The van der Waals surface area contributed by atoms with Crippen LogP contribution in [-0.4, -0.2) is 51.9 Å². The number of likely N-dealkylation sites (tertiary alicyclic amines) is 1. The zero-order valence-corrected chi connectivity index (χ0v) is 15.6. The molecule has 1 aromatic carbocycles. The average molecular weight is 368 g/mol. The zero-order chi connectivity index (χ0) is 18.0. The molecule has 25 heavy (non-hydrogen) atoms. The summed E-state index contributed by atoms with van der Waals surface area (Å²) in [6.07, 6.45) is 6.28. The molecular weight excluding hydrogens is 338 g/mol. The van der Waals surface area contributed by atoms with Gasteiger partial charge in [-0.15, -0.1) is 0 Å². The van der Waals surface area contributed by atoms with Crippen molar-refractivity contribution in [1.29, 1.82) is 0 Å². The Hall–Kier alpha value is -1.44. The van der Waals surface area contributed by atoms with Crippen LogP contribution in [0.2, 0.25) is 0 Å². The predicted octanol–water partition coefficient (Wildman–Crippen LogP) is 1.74. The molecule has 0 spiro atoms. The SMILES string of the molecule is O=C(CCNS(=O)(=O)c1ccccc1)NCCCN1CCCCCC1. The second-order valence-corrected chi connectivity index (χ2v) is 8.19. The Morgan fingerprint density at radius 3 is 2.36 bits per heavy atom. The Labute approximate surface area is 151 Å². The summed E-state index contributed by atoms with van der Waals surface area (Å²) in [6, 6.07) is 8.17. The summed E-state index contributed by atoms with van der Waals surface area (Å²) in [6.45, 7) is 4.08. The number of sulfonamides is 1. The van der Waals surface area contributed by atoms with Gasteiger partial charge in [-0.25, -0.2) is 13.1 Å². The highest BCUT2D eigenvalue weighted by molar-refractivity contribution is 7.89. The lowest BCUT2D eigenvalue weighted by Crippen LogP contribution is -2.33. The summed E-state index contributed by atoms with van der Waals surface area (Å²) in [5, 5.41) is 2.86. The molecule has 0 aliphatic carbocycles. The topological polar surface area (TPSA) is 78.5 Å². The van der Waals surface area contributed by atoms with E-state index in [4.69, 9.17) is 0 Å². The molecule has 7 heteroatoms. The number of carbonyl (C=O) groups excluding carboxylic acids is 1. The van der Waals surface area contributed by atoms with Crippen LogP contribution in [0.25, 0.3) is 0 Å². The largest absolute Gasteiger partial charge is 0.356 e. The van der Waals surface area contributed by atoms with E-state index in [1.54, 1.807) is 18.2 Å². The van der Waals surface area contributed by atoms with Crippen molar-refractivity contribution in [2.75, 3.05) is 32.7 Å². The van der Waals surface area contributed by atoms with E-state index in [-0.39, 0.29) is 23.8 Å². The maximum Gasteiger partial charge on any atom is 0.240 e.